The number of alkyl halides is 3. The maximum Gasteiger partial charge on any atom is 0.417 e. The van der Waals surface area contributed by atoms with Gasteiger partial charge in [-0.3, -0.25) is 9.59 Å². The van der Waals surface area contributed by atoms with Crippen molar-refractivity contribution in [2.24, 2.45) is 0 Å². The predicted molar refractivity (Wildman–Crippen MR) is 57.4 cm³/mol. The maximum atomic E-state index is 12.4. The van der Waals surface area contributed by atoms with Gasteiger partial charge >= 0.3 is 12.1 Å². The molecule has 98 valence electrons. The van der Waals surface area contributed by atoms with E-state index in [1.807, 2.05) is 0 Å². The van der Waals surface area contributed by atoms with Crippen molar-refractivity contribution in [2.45, 2.75) is 12.6 Å². The highest BCUT2D eigenvalue weighted by molar-refractivity contribution is 6.31. The highest BCUT2D eigenvalue weighted by Crippen LogP contribution is 2.35. The fraction of sp³-hybridized carbons (Fsp3) is 0.273. The molecule has 0 unspecified atom stereocenters. The molecule has 0 aliphatic heterocycles. The Morgan fingerprint density at radius 3 is 2.39 bits per heavy atom. The van der Waals surface area contributed by atoms with E-state index in [1.54, 1.807) is 0 Å². The van der Waals surface area contributed by atoms with Gasteiger partial charge in [-0.05, 0) is 12.1 Å². The van der Waals surface area contributed by atoms with E-state index >= 15 is 0 Å². The van der Waals surface area contributed by atoms with Crippen LogP contribution >= 0.6 is 11.6 Å². The molecule has 0 aliphatic rings. The number of methoxy groups -OCH3 is 1. The zero-order valence-corrected chi connectivity index (χ0v) is 9.93. The molecule has 1 aromatic rings. The fourth-order valence-electron chi connectivity index (χ4n) is 1.22. The third kappa shape index (κ3) is 3.46. The molecule has 0 saturated carbocycles. The first-order valence-electron chi connectivity index (χ1n) is 4.72. The minimum Gasteiger partial charge on any atom is -0.469 e. The van der Waals surface area contributed by atoms with Crippen molar-refractivity contribution in [1.82, 2.24) is 0 Å². The molecule has 0 bridgehead atoms. The Labute approximate surface area is 105 Å². The number of Topliss-reactive ketones (excluding diaryl/α,β-unsaturated/α-hetero) is 1. The van der Waals surface area contributed by atoms with E-state index in [2.05, 4.69) is 4.74 Å². The van der Waals surface area contributed by atoms with E-state index in [0.29, 0.717) is 6.07 Å². The highest BCUT2D eigenvalue weighted by atomic mass is 35.5. The first kappa shape index (κ1) is 14.5. The SMILES string of the molecule is COC(=O)CC(=O)c1ccc(C(F)(F)F)c(Cl)c1. The molecule has 0 amide bonds. The molecule has 0 atom stereocenters. The van der Waals surface area contributed by atoms with Crippen LogP contribution in [0, 0.1) is 0 Å². The van der Waals surface area contributed by atoms with E-state index in [4.69, 9.17) is 11.6 Å². The average Bonchev–Trinajstić information content (AvgIpc) is 2.26. The van der Waals surface area contributed by atoms with Gasteiger partial charge in [0, 0.05) is 5.56 Å². The number of benzene rings is 1. The minimum absolute atomic E-state index is 0.0709. The molecule has 0 radical (unpaired) electrons. The van der Waals surface area contributed by atoms with Gasteiger partial charge in [-0.1, -0.05) is 17.7 Å². The smallest absolute Gasteiger partial charge is 0.417 e. The summed E-state index contributed by atoms with van der Waals surface area (Å²) in [5, 5.41) is -0.585. The Hall–Kier alpha value is -1.56. The molecular weight excluding hydrogens is 273 g/mol. The van der Waals surface area contributed by atoms with E-state index < -0.39 is 34.9 Å². The Morgan fingerprint density at radius 2 is 1.94 bits per heavy atom. The molecule has 0 heterocycles. The first-order valence-corrected chi connectivity index (χ1v) is 5.10. The number of ether oxygens (including phenoxy) is 1. The van der Waals surface area contributed by atoms with Crippen molar-refractivity contribution in [3.63, 3.8) is 0 Å². The van der Waals surface area contributed by atoms with Gasteiger partial charge in [-0.15, -0.1) is 0 Å². The largest absolute Gasteiger partial charge is 0.469 e. The van der Waals surface area contributed by atoms with Crippen molar-refractivity contribution in [2.75, 3.05) is 7.11 Å². The summed E-state index contributed by atoms with van der Waals surface area (Å²) in [7, 11) is 1.11. The van der Waals surface area contributed by atoms with E-state index in [1.165, 1.54) is 0 Å². The second-order valence-electron chi connectivity index (χ2n) is 3.37. The average molecular weight is 281 g/mol. The van der Waals surface area contributed by atoms with Gasteiger partial charge < -0.3 is 4.74 Å². The molecule has 0 saturated heterocycles. The van der Waals surface area contributed by atoms with Crippen molar-refractivity contribution in [1.29, 1.82) is 0 Å². The Kier molecular flexibility index (Phi) is 4.34. The molecule has 1 aromatic carbocycles. The summed E-state index contributed by atoms with van der Waals surface area (Å²) in [6.45, 7) is 0. The normalized spacial score (nSPS) is 11.2. The predicted octanol–water partition coefficient (Wildman–Crippen LogP) is 3.10. The van der Waals surface area contributed by atoms with Gasteiger partial charge in [0.25, 0.3) is 0 Å². The van der Waals surface area contributed by atoms with Crippen LogP contribution in [0.4, 0.5) is 13.2 Å². The van der Waals surface area contributed by atoms with E-state index in [9.17, 15) is 22.8 Å². The van der Waals surface area contributed by atoms with Crippen LogP contribution in [0.15, 0.2) is 18.2 Å². The van der Waals surface area contributed by atoms with E-state index in [0.717, 1.165) is 19.2 Å². The number of carbonyl (C=O) groups excluding carboxylic acids is 2. The zero-order valence-electron chi connectivity index (χ0n) is 9.18. The van der Waals surface area contributed by atoms with Crippen molar-refractivity contribution < 1.29 is 27.5 Å². The highest BCUT2D eigenvalue weighted by Gasteiger charge is 2.33. The number of carbonyl (C=O) groups is 2. The van der Waals surface area contributed by atoms with Gasteiger partial charge in [-0.2, -0.15) is 13.2 Å². The lowest BCUT2D eigenvalue weighted by Crippen LogP contribution is -2.11. The second kappa shape index (κ2) is 5.39. The number of hydrogen-bond donors (Lipinski definition) is 0. The summed E-state index contributed by atoms with van der Waals surface area (Å²) >= 11 is 5.44. The van der Waals surface area contributed by atoms with Crippen LogP contribution in [-0.4, -0.2) is 18.9 Å². The standard InChI is InChI=1S/C11H8ClF3O3/c1-18-10(17)5-9(16)6-2-3-7(8(12)4-6)11(13,14)15/h2-4H,5H2,1H3. The number of esters is 1. The third-order valence-electron chi connectivity index (χ3n) is 2.13. The lowest BCUT2D eigenvalue weighted by molar-refractivity contribution is -0.139. The van der Waals surface area contributed by atoms with Crippen LogP contribution in [0.1, 0.15) is 22.3 Å². The van der Waals surface area contributed by atoms with Gasteiger partial charge in [0.05, 0.1) is 17.7 Å². The molecule has 0 aromatic heterocycles. The molecule has 7 heteroatoms. The third-order valence-corrected chi connectivity index (χ3v) is 2.44. The number of ketones is 1. The van der Waals surface area contributed by atoms with Crippen molar-refractivity contribution >= 4 is 23.4 Å². The Morgan fingerprint density at radius 1 is 1.33 bits per heavy atom. The molecule has 0 spiro atoms. The van der Waals surface area contributed by atoms with Crippen molar-refractivity contribution in [3.8, 4) is 0 Å². The van der Waals surface area contributed by atoms with Crippen LogP contribution in [-0.2, 0) is 15.7 Å². The molecule has 3 nitrogen and oxygen atoms in total. The van der Waals surface area contributed by atoms with Crippen LogP contribution in [0.5, 0.6) is 0 Å². The second-order valence-corrected chi connectivity index (χ2v) is 3.78. The van der Waals surface area contributed by atoms with Gasteiger partial charge in [0.1, 0.15) is 6.42 Å². The Bertz CT molecular complexity index is 483. The first-order chi connectivity index (χ1) is 8.25. The quantitative estimate of drug-likeness (QED) is 0.485. The summed E-state index contributed by atoms with van der Waals surface area (Å²) in [6, 6.07) is 2.56. The summed E-state index contributed by atoms with van der Waals surface area (Å²) in [4.78, 5) is 22.3. The van der Waals surface area contributed by atoms with Gasteiger partial charge in [0.2, 0.25) is 0 Å². The van der Waals surface area contributed by atoms with Crippen LogP contribution < -0.4 is 0 Å². The maximum absolute atomic E-state index is 12.4. The number of hydrogen-bond acceptors (Lipinski definition) is 3. The van der Waals surface area contributed by atoms with Crippen LogP contribution in [0.2, 0.25) is 5.02 Å². The molecule has 0 fully saturated rings. The van der Waals surface area contributed by atoms with Crippen LogP contribution in [0.3, 0.4) is 0 Å². The zero-order chi connectivity index (χ0) is 13.9. The van der Waals surface area contributed by atoms with E-state index in [-0.39, 0.29) is 5.56 Å². The van der Waals surface area contributed by atoms with Gasteiger partial charge in [-0.25, -0.2) is 0 Å². The molecule has 1 rings (SSSR count). The summed E-state index contributed by atoms with van der Waals surface area (Å²) < 4.78 is 41.5. The summed E-state index contributed by atoms with van der Waals surface area (Å²) in [5.74, 6) is -1.42. The van der Waals surface area contributed by atoms with Crippen LogP contribution in [0.25, 0.3) is 0 Å². The number of halogens is 4. The summed E-state index contributed by atoms with van der Waals surface area (Å²) in [6.07, 6.45) is -5.13. The number of rotatable bonds is 3. The van der Waals surface area contributed by atoms with Crippen molar-refractivity contribution in [3.05, 3.63) is 34.3 Å². The molecule has 0 aliphatic carbocycles. The lowest BCUT2D eigenvalue weighted by atomic mass is 10.1. The fourth-order valence-corrected chi connectivity index (χ4v) is 1.51. The summed E-state index contributed by atoms with van der Waals surface area (Å²) in [5.41, 5.74) is -1.10. The minimum atomic E-state index is -4.58. The van der Waals surface area contributed by atoms with Gasteiger partial charge in [0.15, 0.2) is 5.78 Å². The Balaban J connectivity index is 2.98. The topological polar surface area (TPSA) is 43.4 Å². The molecular formula is C11H8ClF3O3. The monoisotopic (exact) mass is 280 g/mol. The lowest BCUT2D eigenvalue weighted by Gasteiger charge is -2.09. The molecule has 18 heavy (non-hydrogen) atoms. The molecule has 0 N–H and O–H groups in total.